The van der Waals surface area contributed by atoms with E-state index in [1.165, 1.54) is 20.5 Å². The molecule has 4 rings (SSSR count). The molecule has 2 aromatic carbocycles. The van der Waals surface area contributed by atoms with Crippen molar-refractivity contribution >= 4 is 45.8 Å². The van der Waals surface area contributed by atoms with Gasteiger partial charge < -0.3 is 0 Å². The van der Waals surface area contributed by atoms with Crippen molar-refractivity contribution in [1.29, 1.82) is 0 Å². The summed E-state index contributed by atoms with van der Waals surface area (Å²) in [7, 11) is 0. The summed E-state index contributed by atoms with van der Waals surface area (Å²) in [6.07, 6.45) is 3.52. The first kappa shape index (κ1) is 20.2. The Morgan fingerprint density at radius 1 is 1.14 bits per heavy atom. The number of nitrogens with zero attached hydrogens (tertiary/aromatic N) is 2. The maximum atomic E-state index is 4.76. The molecular formula is C24H22N2S3. The molecule has 2 nitrogen and oxygen atoms in total. The van der Waals surface area contributed by atoms with Crippen LogP contribution in [0.25, 0.3) is 32.5 Å². The summed E-state index contributed by atoms with van der Waals surface area (Å²) >= 11 is 8.16. The van der Waals surface area contributed by atoms with Crippen LogP contribution in [0.15, 0.2) is 76.1 Å². The third-order valence-electron chi connectivity index (χ3n) is 4.87. The van der Waals surface area contributed by atoms with Gasteiger partial charge >= 0.3 is 0 Å². The van der Waals surface area contributed by atoms with Gasteiger partial charge in [-0.2, -0.15) is 0 Å². The topological polar surface area (TPSA) is 25.8 Å². The highest BCUT2D eigenvalue weighted by Gasteiger charge is 2.21. The smallest absolute Gasteiger partial charge is 0.116 e. The summed E-state index contributed by atoms with van der Waals surface area (Å²) in [5.41, 5.74) is 5.39. The summed E-state index contributed by atoms with van der Waals surface area (Å²) in [6.45, 7) is 10.6. The Labute approximate surface area is 185 Å². The highest BCUT2D eigenvalue weighted by molar-refractivity contribution is 8.02. The molecule has 0 aliphatic carbocycles. The Balaban J connectivity index is 1.96. The number of thiol groups is 1. The molecule has 0 atom stereocenters. The predicted octanol–water partition coefficient (Wildman–Crippen LogP) is 7.85. The minimum atomic E-state index is 0.0105. The number of rotatable bonds is 4. The quantitative estimate of drug-likeness (QED) is 0.262. The van der Waals surface area contributed by atoms with E-state index in [1.54, 1.807) is 29.4 Å². The van der Waals surface area contributed by atoms with Crippen molar-refractivity contribution in [2.24, 2.45) is 0 Å². The fourth-order valence-electron chi connectivity index (χ4n) is 3.51. The molecule has 0 aliphatic rings. The van der Waals surface area contributed by atoms with Gasteiger partial charge in [-0.05, 0) is 52.1 Å². The van der Waals surface area contributed by atoms with Crippen LogP contribution in [0.5, 0.6) is 0 Å². The first-order chi connectivity index (χ1) is 13.9. The van der Waals surface area contributed by atoms with Crippen molar-refractivity contribution in [2.45, 2.75) is 36.0 Å². The van der Waals surface area contributed by atoms with E-state index in [4.69, 9.17) is 12.6 Å². The maximum Gasteiger partial charge on any atom is 0.116 e. The Kier molecular flexibility index (Phi) is 5.56. The number of thiophene rings is 1. The van der Waals surface area contributed by atoms with Crippen LogP contribution < -0.4 is 0 Å². The van der Waals surface area contributed by atoms with Crippen LogP contribution in [0.3, 0.4) is 0 Å². The molecule has 0 radical (unpaired) electrons. The van der Waals surface area contributed by atoms with Gasteiger partial charge in [0.05, 0.1) is 5.69 Å². The van der Waals surface area contributed by atoms with Gasteiger partial charge in [0.2, 0.25) is 0 Å². The van der Waals surface area contributed by atoms with E-state index in [0.29, 0.717) is 0 Å². The lowest BCUT2D eigenvalue weighted by molar-refractivity contribution is 0.578. The summed E-state index contributed by atoms with van der Waals surface area (Å²) in [4.78, 5) is 11.2. The second kappa shape index (κ2) is 7.98. The van der Waals surface area contributed by atoms with Gasteiger partial charge in [-0.25, -0.2) is 9.97 Å². The molecule has 29 heavy (non-hydrogen) atoms. The number of aromatic nitrogens is 2. The second-order valence-electron chi connectivity index (χ2n) is 7.82. The highest BCUT2D eigenvalue weighted by Crippen LogP contribution is 2.42. The molecule has 146 valence electrons. The zero-order valence-corrected chi connectivity index (χ0v) is 19.2. The van der Waals surface area contributed by atoms with Gasteiger partial charge in [0.15, 0.2) is 0 Å². The first-order valence-electron chi connectivity index (χ1n) is 9.32. The van der Waals surface area contributed by atoms with E-state index in [2.05, 4.69) is 79.1 Å². The summed E-state index contributed by atoms with van der Waals surface area (Å²) in [5.74, 6) is 0. The van der Waals surface area contributed by atoms with Gasteiger partial charge in [-0.1, -0.05) is 45.2 Å². The lowest BCUT2D eigenvalue weighted by atomic mass is 9.85. The van der Waals surface area contributed by atoms with Crippen LogP contribution in [0.2, 0.25) is 0 Å². The second-order valence-corrected chi connectivity index (χ2v) is 10.3. The van der Waals surface area contributed by atoms with Crippen LogP contribution in [0.4, 0.5) is 0 Å². The monoisotopic (exact) mass is 434 g/mol. The van der Waals surface area contributed by atoms with Crippen molar-refractivity contribution < 1.29 is 0 Å². The highest BCUT2D eigenvalue weighted by atomic mass is 32.2. The van der Waals surface area contributed by atoms with Gasteiger partial charge in [-0.15, -0.1) is 24.0 Å². The van der Waals surface area contributed by atoms with Crippen molar-refractivity contribution in [2.75, 3.05) is 0 Å². The van der Waals surface area contributed by atoms with Gasteiger partial charge in [-0.3, -0.25) is 0 Å². The predicted molar refractivity (Wildman–Crippen MR) is 130 cm³/mol. The largest absolute Gasteiger partial charge is 0.244 e. The molecule has 0 amide bonds. The zero-order valence-electron chi connectivity index (χ0n) is 16.6. The lowest BCUT2D eigenvalue weighted by Crippen LogP contribution is -2.12. The van der Waals surface area contributed by atoms with E-state index in [0.717, 1.165) is 27.3 Å². The molecule has 0 unspecified atom stereocenters. The van der Waals surface area contributed by atoms with Crippen LogP contribution in [0.1, 0.15) is 26.3 Å². The van der Waals surface area contributed by atoms with Crippen molar-refractivity contribution in [3.05, 3.63) is 71.9 Å². The average molecular weight is 435 g/mol. The summed E-state index contributed by atoms with van der Waals surface area (Å²) in [6, 6.07) is 12.9. The molecule has 0 saturated heterocycles. The molecule has 0 fully saturated rings. The molecule has 0 N–H and O–H groups in total. The van der Waals surface area contributed by atoms with E-state index in [-0.39, 0.29) is 5.41 Å². The van der Waals surface area contributed by atoms with Crippen molar-refractivity contribution in [3.8, 4) is 22.4 Å². The summed E-state index contributed by atoms with van der Waals surface area (Å²) < 4.78 is 1.24. The van der Waals surface area contributed by atoms with Gasteiger partial charge in [0.1, 0.15) is 6.33 Å². The van der Waals surface area contributed by atoms with E-state index < -0.39 is 0 Å². The maximum absolute atomic E-state index is 4.76. The number of benzene rings is 2. The molecule has 4 aromatic rings. The molecule has 0 bridgehead atoms. The Bertz CT molecular complexity index is 1200. The number of thioether (sulfide) groups is 1. The fraction of sp³-hybridized carbons (Fsp3) is 0.167. The molecule has 0 saturated carbocycles. The third-order valence-corrected chi connectivity index (χ3v) is 6.90. The van der Waals surface area contributed by atoms with Gasteiger partial charge in [0.25, 0.3) is 0 Å². The normalized spacial score (nSPS) is 11.7. The zero-order chi connectivity index (χ0) is 20.6. The SMILES string of the molecule is C=CSc1ccc(-c2ncncc2-c2c(S)ccc3sccc23)cc1C(C)(C)C. The molecule has 5 heteroatoms. The van der Waals surface area contributed by atoms with Gasteiger partial charge in [0, 0.05) is 42.8 Å². The lowest BCUT2D eigenvalue weighted by Gasteiger charge is -2.23. The number of hydrogen-bond acceptors (Lipinski definition) is 5. The van der Waals surface area contributed by atoms with Crippen LogP contribution >= 0.6 is 35.7 Å². The Morgan fingerprint density at radius 3 is 2.72 bits per heavy atom. The van der Waals surface area contributed by atoms with E-state index >= 15 is 0 Å². The molecule has 2 heterocycles. The third kappa shape index (κ3) is 3.87. The number of fused-ring (bicyclic) bond motifs is 1. The first-order valence-corrected chi connectivity index (χ1v) is 11.5. The molecule has 0 spiro atoms. The van der Waals surface area contributed by atoms with Crippen LogP contribution in [-0.2, 0) is 5.41 Å². The average Bonchev–Trinajstić information content (AvgIpc) is 3.16. The molecular weight excluding hydrogens is 412 g/mol. The van der Waals surface area contributed by atoms with Crippen LogP contribution in [-0.4, -0.2) is 9.97 Å². The van der Waals surface area contributed by atoms with E-state index in [9.17, 15) is 0 Å². The standard InChI is InChI=1S/C24H22N2S3/c1-5-28-21-8-6-15(12-18(21)24(2,3)4)23-17(13-25-14-26-23)22-16-10-11-29-20(16)9-7-19(22)27/h5-14,27H,1H2,2-4H3. The van der Waals surface area contributed by atoms with E-state index in [1.807, 2.05) is 11.6 Å². The van der Waals surface area contributed by atoms with Crippen molar-refractivity contribution in [1.82, 2.24) is 9.97 Å². The fourth-order valence-corrected chi connectivity index (χ4v) is 5.44. The minimum absolute atomic E-state index is 0.0105. The van der Waals surface area contributed by atoms with Crippen molar-refractivity contribution in [3.63, 3.8) is 0 Å². The Hall–Kier alpha value is -2.08. The Morgan fingerprint density at radius 2 is 1.97 bits per heavy atom. The minimum Gasteiger partial charge on any atom is -0.244 e. The molecule has 0 aliphatic heterocycles. The molecule has 2 aromatic heterocycles. The van der Waals surface area contributed by atoms with Crippen LogP contribution in [0, 0.1) is 0 Å². The summed E-state index contributed by atoms with van der Waals surface area (Å²) in [5, 5.41) is 5.18. The number of hydrogen-bond donors (Lipinski definition) is 1.